The van der Waals surface area contributed by atoms with Gasteiger partial charge in [-0.15, -0.1) is 0 Å². The molecule has 2 aromatic carbocycles. The van der Waals surface area contributed by atoms with Gasteiger partial charge in [-0.2, -0.15) is 0 Å². The third kappa shape index (κ3) is 2.83. The van der Waals surface area contributed by atoms with Crippen molar-refractivity contribution < 1.29 is 9.63 Å². The fourth-order valence-corrected chi connectivity index (χ4v) is 2.00. The molecule has 0 heterocycles. The molecule has 0 aliphatic heterocycles. The summed E-state index contributed by atoms with van der Waals surface area (Å²) in [4.78, 5) is 16.9. The molecule has 0 saturated carbocycles. The molecule has 1 amide bonds. The van der Waals surface area contributed by atoms with Gasteiger partial charge in [-0.1, -0.05) is 36.4 Å². The molecule has 0 N–H and O–H groups in total. The van der Waals surface area contributed by atoms with E-state index in [0.717, 1.165) is 16.7 Å². The molecule has 0 unspecified atom stereocenters. The molecular formula is C16H17NO2. The highest BCUT2D eigenvalue weighted by molar-refractivity contribution is 5.94. The van der Waals surface area contributed by atoms with Gasteiger partial charge in [0.2, 0.25) is 0 Å². The lowest BCUT2D eigenvalue weighted by Gasteiger charge is -2.15. The average molecular weight is 255 g/mol. The van der Waals surface area contributed by atoms with Crippen LogP contribution >= 0.6 is 0 Å². The second-order valence-electron chi connectivity index (χ2n) is 4.38. The predicted molar refractivity (Wildman–Crippen MR) is 75.7 cm³/mol. The van der Waals surface area contributed by atoms with Gasteiger partial charge >= 0.3 is 0 Å². The summed E-state index contributed by atoms with van der Waals surface area (Å²) in [5, 5.41) is 1.22. The summed E-state index contributed by atoms with van der Waals surface area (Å²) in [6, 6.07) is 15.8. The maximum Gasteiger partial charge on any atom is 0.277 e. The van der Waals surface area contributed by atoms with E-state index in [2.05, 4.69) is 12.1 Å². The Balaban J connectivity index is 2.35. The number of nitrogens with zero attached hydrogens (tertiary/aromatic N) is 1. The van der Waals surface area contributed by atoms with Gasteiger partial charge in [0.1, 0.15) is 0 Å². The van der Waals surface area contributed by atoms with E-state index < -0.39 is 0 Å². The Morgan fingerprint density at radius 1 is 1.11 bits per heavy atom. The first kappa shape index (κ1) is 13.3. The maximum atomic E-state index is 12.0. The first-order valence-corrected chi connectivity index (χ1v) is 6.11. The molecule has 3 nitrogen and oxygen atoms in total. The van der Waals surface area contributed by atoms with Crippen LogP contribution in [0.15, 0.2) is 48.5 Å². The van der Waals surface area contributed by atoms with Gasteiger partial charge in [-0.25, -0.2) is 5.06 Å². The van der Waals surface area contributed by atoms with Crippen molar-refractivity contribution in [2.45, 2.75) is 6.92 Å². The number of hydrogen-bond acceptors (Lipinski definition) is 2. The molecular weight excluding hydrogens is 238 g/mol. The van der Waals surface area contributed by atoms with Crippen molar-refractivity contribution in [3.8, 4) is 11.1 Å². The fraction of sp³-hybridized carbons (Fsp3) is 0.188. The molecule has 0 aromatic heterocycles. The second kappa shape index (κ2) is 5.67. The number of amides is 1. The SMILES string of the molecule is CON(C)C(=O)c1ccc(-c2ccccc2)c(C)c1. The third-order valence-electron chi connectivity index (χ3n) is 3.12. The topological polar surface area (TPSA) is 29.5 Å². The molecule has 2 rings (SSSR count). The van der Waals surface area contributed by atoms with E-state index in [1.165, 1.54) is 12.2 Å². The summed E-state index contributed by atoms with van der Waals surface area (Å²) in [7, 11) is 3.08. The highest BCUT2D eigenvalue weighted by Crippen LogP contribution is 2.24. The Morgan fingerprint density at radius 2 is 1.79 bits per heavy atom. The molecule has 98 valence electrons. The average Bonchev–Trinajstić information content (AvgIpc) is 2.46. The quantitative estimate of drug-likeness (QED) is 0.788. The molecule has 3 heteroatoms. The van der Waals surface area contributed by atoms with Crippen LogP contribution in [0.25, 0.3) is 11.1 Å². The Labute approximate surface area is 113 Å². The normalized spacial score (nSPS) is 10.3. The summed E-state index contributed by atoms with van der Waals surface area (Å²) >= 11 is 0. The van der Waals surface area contributed by atoms with E-state index >= 15 is 0 Å². The summed E-state index contributed by atoms with van der Waals surface area (Å²) < 4.78 is 0. The van der Waals surface area contributed by atoms with Crippen LogP contribution in [-0.2, 0) is 4.84 Å². The first-order valence-electron chi connectivity index (χ1n) is 6.11. The van der Waals surface area contributed by atoms with Crippen LogP contribution in [0.5, 0.6) is 0 Å². The molecule has 2 aromatic rings. The minimum absolute atomic E-state index is 0.148. The Hall–Kier alpha value is -2.13. The fourth-order valence-electron chi connectivity index (χ4n) is 2.00. The molecule has 0 fully saturated rings. The van der Waals surface area contributed by atoms with Crippen molar-refractivity contribution in [2.24, 2.45) is 0 Å². The van der Waals surface area contributed by atoms with Crippen LogP contribution in [0, 0.1) is 6.92 Å². The van der Waals surface area contributed by atoms with Gasteiger partial charge in [0, 0.05) is 12.6 Å². The van der Waals surface area contributed by atoms with Crippen LogP contribution in [0.1, 0.15) is 15.9 Å². The van der Waals surface area contributed by atoms with E-state index in [1.807, 2.05) is 43.3 Å². The van der Waals surface area contributed by atoms with Crippen molar-refractivity contribution in [3.63, 3.8) is 0 Å². The second-order valence-corrected chi connectivity index (χ2v) is 4.38. The minimum Gasteiger partial charge on any atom is -0.274 e. The molecule has 19 heavy (non-hydrogen) atoms. The van der Waals surface area contributed by atoms with E-state index in [1.54, 1.807) is 7.05 Å². The van der Waals surface area contributed by atoms with Crippen LogP contribution in [0.3, 0.4) is 0 Å². The highest BCUT2D eigenvalue weighted by atomic mass is 16.7. The van der Waals surface area contributed by atoms with Crippen molar-refractivity contribution in [1.29, 1.82) is 0 Å². The van der Waals surface area contributed by atoms with Crippen LogP contribution < -0.4 is 0 Å². The number of benzene rings is 2. The zero-order valence-corrected chi connectivity index (χ0v) is 11.4. The van der Waals surface area contributed by atoms with Crippen molar-refractivity contribution >= 4 is 5.91 Å². The number of hydrogen-bond donors (Lipinski definition) is 0. The Kier molecular flexibility index (Phi) is 3.97. The number of hydroxylamine groups is 2. The lowest BCUT2D eigenvalue weighted by atomic mass is 9.98. The van der Waals surface area contributed by atoms with Crippen molar-refractivity contribution in [2.75, 3.05) is 14.2 Å². The smallest absolute Gasteiger partial charge is 0.274 e. The molecule has 0 spiro atoms. The highest BCUT2D eigenvalue weighted by Gasteiger charge is 2.12. The lowest BCUT2D eigenvalue weighted by molar-refractivity contribution is -0.0757. The number of rotatable bonds is 3. The Morgan fingerprint density at radius 3 is 2.37 bits per heavy atom. The molecule has 0 aliphatic rings. The van der Waals surface area contributed by atoms with Crippen LogP contribution in [-0.4, -0.2) is 25.1 Å². The van der Waals surface area contributed by atoms with Gasteiger partial charge < -0.3 is 0 Å². The van der Waals surface area contributed by atoms with Gasteiger partial charge in [-0.05, 0) is 35.7 Å². The van der Waals surface area contributed by atoms with Crippen LogP contribution in [0.4, 0.5) is 0 Å². The number of carbonyl (C=O) groups is 1. The van der Waals surface area contributed by atoms with Crippen LogP contribution in [0.2, 0.25) is 0 Å². The van der Waals surface area contributed by atoms with E-state index in [0.29, 0.717) is 5.56 Å². The molecule has 0 aliphatic carbocycles. The summed E-state index contributed by atoms with van der Waals surface area (Å²) in [6.45, 7) is 2.01. The lowest BCUT2D eigenvalue weighted by Crippen LogP contribution is -2.25. The van der Waals surface area contributed by atoms with Gasteiger partial charge in [0.05, 0.1) is 7.11 Å². The number of aryl methyl sites for hydroxylation is 1. The zero-order valence-electron chi connectivity index (χ0n) is 11.4. The molecule has 0 radical (unpaired) electrons. The van der Waals surface area contributed by atoms with Gasteiger partial charge in [-0.3, -0.25) is 9.63 Å². The van der Waals surface area contributed by atoms with E-state index in [4.69, 9.17) is 4.84 Å². The largest absolute Gasteiger partial charge is 0.277 e. The number of carbonyl (C=O) groups excluding carboxylic acids is 1. The minimum atomic E-state index is -0.148. The van der Waals surface area contributed by atoms with Crippen molar-refractivity contribution in [1.82, 2.24) is 5.06 Å². The van der Waals surface area contributed by atoms with Crippen molar-refractivity contribution in [3.05, 3.63) is 59.7 Å². The van der Waals surface area contributed by atoms with E-state index in [9.17, 15) is 4.79 Å². The van der Waals surface area contributed by atoms with Gasteiger partial charge in [0.25, 0.3) is 5.91 Å². The zero-order chi connectivity index (χ0) is 13.8. The first-order chi connectivity index (χ1) is 9.13. The summed E-state index contributed by atoms with van der Waals surface area (Å²) in [6.07, 6.45) is 0. The van der Waals surface area contributed by atoms with Gasteiger partial charge in [0.15, 0.2) is 0 Å². The monoisotopic (exact) mass is 255 g/mol. The summed E-state index contributed by atoms with van der Waals surface area (Å²) in [5.41, 5.74) is 3.99. The summed E-state index contributed by atoms with van der Waals surface area (Å²) in [5.74, 6) is -0.148. The molecule has 0 atom stereocenters. The third-order valence-corrected chi connectivity index (χ3v) is 3.12. The maximum absolute atomic E-state index is 12.0. The molecule has 0 saturated heterocycles. The molecule has 0 bridgehead atoms. The van der Waals surface area contributed by atoms with E-state index in [-0.39, 0.29) is 5.91 Å². The Bertz CT molecular complexity index is 579. The standard InChI is InChI=1S/C16H17NO2/c1-12-11-14(16(18)17(2)19-3)9-10-15(12)13-7-5-4-6-8-13/h4-11H,1-3H3. The predicted octanol–water partition coefficient (Wildman–Crippen LogP) is 3.30.